The third kappa shape index (κ3) is 3.34. The maximum Gasteiger partial charge on any atom is 0.238 e. The molecule has 1 saturated heterocycles. The van der Waals surface area contributed by atoms with Crippen molar-refractivity contribution in [3.63, 3.8) is 0 Å². The summed E-state index contributed by atoms with van der Waals surface area (Å²) in [6, 6.07) is -0.142. The zero-order valence-corrected chi connectivity index (χ0v) is 13.2. The van der Waals surface area contributed by atoms with Gasteiger partial charge >= 0.3 is 0 Å². The van der Waals surface area contributed by atoms with Gasteiger partial charge in [0.2, 0.25) is 5.91 Å². The molecule has 4 nitrogen and oxygen atoms in total. The fraction of sp³-hybridized carbons (Fsp3) is 0.938. The van der Waals surface area contributed by atoms with Crippen molar-refractivity contribution in [3.05, 3.63) is 0 Å². The van der Waals surface area contributed by atoms with Crippen molar-refractivity contribution in [2.24, 2.45) is 11.3 Å². The van der Waals surface area contributed by atoms with Gasteiger partial charge in [-0.05, 0) is 43.6 Å². The van der Waals surface area contributed by atoms with E-state index in [9.17, 15) is 9.90 Å². The number of aliphatic hydroxyl groups excluding tert-OH is 1. The van der Waals surface area contributed by atoms with Crippen LogP contribution in [0.2, 0.25) is 0 Å². The summed E-state index contributed by atoms with van der Waals surface area (Å²) in [4.78, 5) is 12.7. The number of rotatable bonds is 3. The molecule has 3 unspecified atom stereocenters. The van der Waals surface area contributed by atoms with Crippen molar-refractivity contribution < 1.29 is 9.90 Å². The van der Waals surface area contributed by atoms with Crippen molar-refractivity contribution in [2.45, 2.75) is 70.9 Å². The molecule has 2 aliphatic rings. The molecule has 1 aliphatic carbocycles. The van der Waals surface area contributed by atoms with Crippen LogP contribution in [0.5, 0.6) is 0 Å². The average Bonchev–Trinajstić information content (AvgIpc) is 2.38. The van der Waals surface area contributed by atoms with Crippen LogP contribution in [0.4, 0.5) is 0 Å². The first-order valence-electron chi connectivity index (χ1n) is 8.05. The van der Waals surface area contributed by atoms with Gasteiger partial charge in [0.25, 0.3) is 0 Å². The van der Waals surface area contributed by atoms with Crippen LogP contribution < -0.4 is 10.6 Å². The van der Waals surface area contributed by atoms with Gasteiger partial charge in [-0.15, -0.1) is 0 Å². The second-order valence-corrected chi connectivity index (χ2v) is 7.61. The molecular formula is C16H30N2O2. The van der Waals surface area contributed by atoms with E-state index < -0.39 is 5.54 Å². The molecule has 4 heteroatoms. The van der Waals surface area contributed by atoms with Crippen LogP contribution in [0.25, 0.3) is 0 Å². The molecule has 1 amide bonds. The Hall–Kier alpha value is -0.610. The summed E-state index contributed by atoms with van der Waals surface area (Å²) >= 11 is 0. The Bertz CT molecular complexity index is 356. The molecule has 0 aromatic carbocycles. The number of aliphatic hydroxyl groups is 1. The van der Waals surface area contributed by atoms with Gasteiger partial charge in [0.1, 0.15) is 0 Å². The highest BCUT2D eigenvalue weighted by Crippen LogP contribution is 2.34. The summed E-state index contributed by atoms with van der Waals surface area (Å²) < 4.78 is 0. The molecule has 3 N–H and O–H groups in total. The Morgan fingerprint density at radius 1 is 1.35 bits per heavy atom. The standard InChI is InChI=1S/C16H30N2O2/c1-12-6-4-8-16(10-12,11-19)18-14(20)13-15(2,3)7-5-9-17-13/h12-13,17,19H,4-11H2,1-3H3,(H,18,20). The zero-order chi connectivity index (χ0) is 14.8. The van der Waals surface area contributed by atoms with Crippen molar-refractivity contribution in [3.8, 4) is 0 Å². The molecule has 2 rings (SSSR count). The third-order valence-corrected chi connectivity index (χ3v) is 5.17. The number of hydrogen-bond acceptors (Lipinski definition) is 3. The Balaban J connectivity index is 2.05. The summed E-state index contributed by atoms with van der Waals surface area (Å²) in [5.74, 6) is 0.640. The SMILES string of the molecule is CC1CCCC(CO)(NC(=O)C2NCCCC2(C)C)C1. The molecule has 0 aromatic heterocycles. The maximum absolute atomic E-state index is 12.7. The Labute approximate surface area is 122 Å². The summed E-state index contributed by atoms with van der Waals surface area (Å²) in [5, 5.41) is 16.3. The van der Waals surface area contributed by atoms with Crippen LogP contribution in [0.1, 0.15) is 59.3 Å². The predicted molar refractivity (Wildman–Crippen MR) is 80.4 cm³/mol. The lowest BCUT2D eigenvalue weighted by atomic mass is 9.74. The fourth-order valence-corrected chi connectivity index (χ4v) is 3.95. The Kier molecular flexibility index (Phi) is 4.75. The minimum Gasteiger partial charge on any atom is -0.394 e. The smallest absolute Gasteiger partial charge is 0.238 e. The van der Waals surface area contributed by atoms with Gasteiger partial charge < -0.3 is 15.7 Å². The monoisotopic (exact) mass is 282 g/mol. The molecule has 0 bridgehead atoms. The van der Waals surface area contributed by atoms with Gasteiger partial charge in [0.15, 0.2) is 0 Å². The zero-order valence-electron chi connectivity index (χ0n) is 13.2. The summed E-state index contributed by atoms with van der Waals surface area (Å²) in [5.41, 5.74) is -0.413. The van der Waals surface area contributed by atoms with Crippen LogP contribution in [-0.4, -0.2) is 35.7 Å². The van der Waals surface area contributed by atoms with Gasteiger partial charge in [-0.1, -0.05) is 33.6 Å². The van der Waals surface area contributed by atoms with Crippen LogP contribution in [-0.2, 0) is 4.79 Å². The summed E-state index contributed by atoms with van der Waals surface area (Å²) in [6.07, 6.45) is 6.27. The number of carbonyl (C=O) groups excluding carboxylic acids is 1. The number of carbonyl (C=O) groups is 1. The molecule has 3 atom stereocenters. The van der Waals surface area contributed by atoms with Crippen molar-refractivity contribution in [1.82, 2.24) is 10.6 Å². The lowest BCUT2D eigenvalue weighted by Crippen LogP contribution is -2.62. The van der Waals surface area contributed by atoms with Gasteiger partial charge in [0, 0.05) is 0 Å². The van der Waals surface area contributed by atoms with Crippen molar-refractivity contribution in [2.75, 3.05) is 13.2 Å². The van der Waals surface area contributed by atoms with Crippen LogP contribution in [0, 0.1) is 11.3 Å². The summed E-state index contributed by atoms with van der Waals surface area (Å²) in [7, 11) is 0. The number of amides is 1. The van der Waals surface area contributed by atoms with Gasteiger partial charge in [-0.25, -0.2) is 0 Å². The Morgan fingerprint density at radius 2 is 2.10 bits per heavy atom. The van der Waals surface area contributed by atoms with E-state index in [1.807, 2.05) is 0 Å². The molecule has 0 aromatic rings. The molecule has 0 radical (unpaired) electrons. The van der Waals surface area contributed by atoms with Gasteiger partial charge in [-0.3, -0.25) is 4.79 Å². The van der Waals surface area contributed by atoms with Gasteiger partial charge in [0.05, 0.1) is 18.2 Å². The highest BCUT2D eigenvalue weighted by molar-refractivity contribution is 5.83. The maximum atomic E-state index is 12.7. The Morgan fingerprint density at radius 3 is 2.70 bits per heavy atom. The van der Waals surface area contributed by atoms with E-state index in [4.69, 9.17) is 0 Å². The molecule has 1 aliphatic heterocycles. The van der Waals surface area contributed by atoms with E-state index >= 15 is 0 Å². The second kappa shape index (κ2) is 6.02. The molecular weight excluding hydrogens is 252 g/mol. The van der Waals surface area contributed by atoms with E-state index in [1.165, 1.54) is 6.42 Å². The molecule has 20 heavy (non-hydrogen) atoms. The van der Waals surface area contributed by atoms with Gasteiger partial charge in [-0.2, -0.15) is 0 Å². The first-order chi connectivity index (χ1) is 9.38. The molecule has 1 heterocycles. The average molecular weight is 282 g/mol. The normalized spacial score (nSPS) is 37.4. The highest BCUT2D eigenvalue weighted by atomic mass is 16.3. The van der Waals surface area contributed by atoms with E-state index in [-0.39, 0.29) is 24.0 Å². The van der Waals surface area contributed by atoms with Crippen molar-refractivity contribution >= 4 is 5.91 Å². The lowest BCUT2D eigenvalue weighted by molar-refractivity contribution is -0.130. The third-order valence-electron chi connectivity index (χ3n) is 5.17. The van der Waals surface area contributed by atoms with E-state index in [1.54, 1.807) is 0 Å². The van der Waals surface area contributed by atoms with Crippen molar-refractivity contribution in [1.29, 1.82) is 0 Å². The largest absolute Gasteiger partial charge is 0.394 e. The fourth-order valence-electron chi connectivity index (χ4n) is 3.95. The highest BCUT2D eigenvalue weighted by Gasteiger charge is 2.42. The first-order valence-corrected chi connectivity index (χ1v) is 8.05. The topological polar surface area (TPSA) is 61.4 Å². The number of piperidine rings is 1. The van der Waals surface area contributed by atoms with E-state index in [0.717, 1.165) is 38.6 Å². The van der Waals surface area contributed by atoms with E-state index in [0.29, 0.717) is 5.92 Å². The number of hydrogen-bond donors (Lipinski definition) is 3. The summed E-state index contributed by atoms with van der Waals surface area (Å²) in [6.45, 7) is 7.47. The molecule has 116 valence electrons. The lowest BCUT2D eigenvalue weighted by Gasteiger charge is -2.43. The van der Waals surface area contributed by atoms with Crippen LogP contribution >= 0.6 is 0 Å². The molecule has 1 saturated carbocycles. The molecule has 2 fully saturated rings. The minimum absolute atomic E-state index is 0.0146. The first kappa shape index (κ1) is 15.8. The second-order valence-electron chi connectivity index (χ2n) is 7.61. The number of nitrogens with one attached hydrogen (secondary N) is 2. The predicted octanol–water partition coefficient (Wildman–Crippen LogP) is 1.82. The molecule has 0 spiro atoms. The van der Waals surface area contributed by atoms with Crippen LogP contribution in [0.15, 0.2) is 0 Å². The van der Waals surface area contributed by atoms with Crippen LogP contribution in [0.3, 0.4) is 0 Å². The quantitative estimate of drug-likeness (QED) is 0.740. The minimum atomic E-state index is -0.399. The van der Waals surface area contributed by atoms with E-state index in [2.05, 4.69) is 31.4 Å².